The average molecular weight is 437 g/mol. The molecule has 0 spiro atoms. The molecule has 0 amide bonds. The van der Waals surface area contributed by atoms with E-state index >= 15 is 0 Å². The van der Waals surface area contributed by atoms with Crippen molar-refractivity contribution < 1.29 is 10.2 Å². The van der Waals surface area contributed by atoms with Crippen LogP contribution < -0.4 is 10.6 Å². The number of hydrogen-bond donors (Lipinski definition) is 4. The van der Waals surface area contributed by atoms with E-state index in [9.17, 15) is 10.2 Å². The van der Waals surface area contributed by atoms with Gasteiger partial charge in [0.15, 0.2) is 0 Å². The highest BCUT2D eigenvalue weighted by Gasteiger charge is 2.07. The molecule has 0 fully saturated rings. The molecule has 28 heavy (non-hydrogen) atoms. The lowest BCUT2D eigenvalue weighted by Crippen LogP contribution is -2.01. The van der Waals surface area contributed by atoms with E-state index < -0.39 is 0 Å². The van der Waals surface area contributed by atoms with Crippen LogP contribution in [0.4, 0.5) is 17.2 Å². The molecular formula is C21H17BrN4O2. The summed E-state index contributed by atoms with van der Waals surface area (Å²) in [7, 11) is 0. The van der Waals surface area contributed by atoms with Gasteiger partial charge in [0.05, 0.1) is 5.52 Å². The molecule has 0 aliphatic carbocycles. The molecule has 0 radical (unpaired) electrons. The topological polar surface area (TPSA) is 90.3 Å². The molecule has 1 heterocycles. The van der Waals surface area contributed by atoms with Crippen molar-refractivity contribution in [3.05, 3.63) is 77.0 Å². The smallest absolute Gasteiger partial charge is 0.141 e. The molecule has 0 saturated heterocycles. The van der Waals surface area contributed by atoms with Crippen LogP contribution >= 0.6 is 15.9 Å². The molecule has 4 N–H and O–H groups in total. The Balaban J connectivity index is 1.61. The second-order valence-electron chi connectivity index (χ2n) is 6.26. The fourth-order valence-corrected chi connectivity index (χ4v) is 3.28. The van der Waals surface area contributed by atoms with Gasteiger partial charge in [-0.1, -0.05) is 22.0 Å². The lowest BCUT2D eigenvalue weighted by atomic mass is 10.1. The van der Waals surface area contributed by atoms with Crippen molar-refractivity contribution in [2.45, 2.75) is 6.54 Å². The van der Waals surface area contributed by atoms with E-state index in [2.05, 4.69) is 36.5 Å². The molecule has 0 bridgehead atoms. The van der Waals surface area contributed by atoms with Gasteiger partial charge in [-0.3, -0.25) is 0 Å². The molecular weight excluding hydrogens is 420 g/mol. The minimum absolute atomic E-state index is 0.113. The number of benzene rings is 3. The summed E-state index contributed by atoms with van der Waals surface area (Å²) in [4.78, 5) is 8.70. The zero-order chi connectivity index (χ0) is 19.5. The van der Waals surface area contributed by atoms with Crippen molar-refractivity contribution in [1.82, 2.24) is 9.97 Å². The summed E-state index contributed by atoms with van der Waals surface area (Å²) in [6.45, 7) is 0.369. The van der Waals surface area contributed by atoms with E-state index in [0.29, 0.717) is 17.9 Å². The lowest BCUT2D eigenvalue weighted by Gasteiger charge is -2.12. The molecule has 0 saturated carbocycles. The SMILES string of the molecule is Oc1ccc(O)c(CNc2ccc3ncnc(Nc4cccc(Br)c4)c3c2)c1. The van der Waals surface area contributed by atoms with Crippen molar-refractivity contribution in [2.24, 2.45) is 0 Å². The number of phenolic OH excluding ortho intramolecular Hbond substituents is 2. The van der Waals surface area contributed by atoms with Crippen molar-refractivity contribution >= 4 is 44.0 Å². The van der Waals surface area contributed by atoms with Gasteiger partial charge in [-0.2, -0.15) is 0 Å². The largest absolute Gasteiger partial charge is 0.508 e. The number of aromatic nitrogens is 2. The summed E-state index contributed by atoms with van der Waals surface area (Å²) in [6, 6.07) is 18.1. The molecule has 0 aliphatic heterocycles. The van der Waals surface area contributed by atoms with Crippen LogP contribution in [-0.4, -0.2) is 20.2 Å². The Hall–Kier alpha value is -3.32. The molecule has 0 unspecified atom stereocenters. The zero-order valence-electron chi connectivity index (χ0n) is 14.7. The van der Waals surface area contributed by atoms with Gasteiger partial charge in [0.2, 0.25) is 0 Å². The van der Waals surface area contributed by atoms with Crippen molar-refractivity contribution in [3.8, 4) is 11.5 Å². The molecule has 6 nitrogen and oxygen atoms in total. The highest BCUT2D eigenvalue weighted by Crippen LogP contribution is 2.28. The van der Waals surface area contributed by atoms with E-state index in [1.165, 1.54) is 24.5 Å². The molecule has 140 valence electrons. The Morgan fingerprint density at radius 3 is 2.64 bits per heavy atom. The second kappa shape index (κ2) is 7.74. The predicted octanol–water partition coefficient (Wildman–Crippen LogP) is 5.16. The van der Waals surface area contributed by atoms with Crippen molar-refractivity contribution in [3.63, 3.8) is 0 Å². The van der Waals surface area contributed by atoms with Gasteiger partial charge in [0.25, 0.3) is 0 Å². The van der Waals surface area contributed by atoms with Gasteiger partial charge in [-0.05, 0) is 54.6 Å². The Labute approximate surface area is 170 Å². The normalized spacial score (nSPS) is 10.8. The minimum Gasteiger partial charge on any atom is -0.508 e. The van der Waals surface area contributed by atoms with Crippen LogP contribution in [0, 0.1) is 0 Å². The maximum atomic E-state index is 9.93. The number of fused-ring (bicyclic) bond motifs is 1. The number of phenols is 2. The van der Waals surface area contributed by atoms with Crippen LogP contribution in [0.5, 0.6) is 11.5 Å². The molecule has 3 aromatic carbocycles. The Morgan fingerprint density at radius 1 is 0.893 bits per heavy atom. The summed E-state index contributed by atoms with van der Waals surface area (Å²) in [6.07, 6.45) is 1.53. The average Bonchev–Trinajstić information content (AvgIpc) is 2.69. The van der Waals surface area contributed by atoms with Gasteiger partial charge in [-0.15, -0.1) is 0 Å². The number of anilines is 3. The predicted molar refractivity (Wildman–Crippen MR) is 114 cm³/mol. The summed E-state index contributed by atoms with van der Waals surface area (Å²) in [5, 5.41) is 27.0. The van der Waals surface area contributed by atoms with Crippen LogP contribution in [0.1, 0.15) is 5.56 Å². The molecule has 0 aliphatic rings. The first-order valence-electron chi connectivity index (χ1n) is 8.60. The Bertz CT molecular complexity index is 1150. The first kappa shape index (κ1) is 18.1. The lowest BCUT2D eigenvalue weighted by molar-refractivity contribution is 0.455. The summed E-state index contributed by atoms with van der Waals surface area (Å²) < 4.78 is 0.976. The molecule has 0 atom stereocenters. The molecule has 7 heteroatoms. The van der Waals surface area contributed by atoms with Crippen LogP contribution in [0.3, 0.4) is 0 Å². The van der Waals surface area contributed by atoms with Crippen molar-refractivity contribution in [1.29, 1.82) is 0 Å². The number of aromatic hydroxyl groups is 2. The molecule has 4 aromatic rings. The standard InChI is InChI=1S/C21H17BrN4O2/c22-14-2-1-3-16(9-14)26-21-18-10-15(4-6-19(18)24-12-25-21)23-11-13-8-17(27)5-7-20(13)28/h1-10,12,23,27-28H,11H2,(H,24,25,26). The van der Waals surface area contributed by atoms with Gasteiger partial charge < -0.3 is 20.8 Å². The van der Waals surface area contributed by atoms with E-state index in [-0.39, 0.29) is 11.5 Å². The maximum absolute atomic E-state index is 9.93. The maximum Gasteiger partial charge on any atom is 0.141 e. The number of rotatable bonds is 5. The number of nitrogens with zero attached hydrogens (tertiary/aromatic N) is 2. The molecule has 4 rings (SSSR count). The highest BCUT2D eigenvalue weighted by atomic mass is 79.9. The monoisotopic (exact) mass is 436 g/mol. The summed E-state index contributed by atoms with van der Waals surface area (Å²) >= 11 is 3.47. The van der Waals surface area contributed by atoms with Crippen molar-refractivity contribution in [2.75, 3.05) is 10.6 Å². The van der Waals surface area contributed by atoms with E-state index in [4.69, 9.17) is 0 Å². The van der Waals surface area contributed by atoms with Gasteiger partial charge in [0.1, 0.15) is 23.6 Å². The summed E-state index contributed by atoms with van der Waals surface area (Å²) in [5.41, 5.74) is 3.19. The Kier molecular flexibility index (Phi) is 4.99. The van der Waals surface area contributed by atoms with Crippen LogP contribution in [0.25, 0.3) is 10.9 Å². The third kappa shape index (κ3) is 3.99. The van der Waals surface area contributed by atoms with Crippen LogP contribution in [-0.2, 0) is 6.54 Å². The highest BCUT2D eigenvalue weighted by molar-refractivity contribution is 9.10. The number of nitrogens with one attached hydrogen (secondary N) is 2. The Morgan fingerprint density at radius 2 is 1.79 bits per heavy atom. The minimum atomic E-state index is 0.113. The van der Waals surface area contributed by atoms with Crippen LogP contribution in [0.2, 0.25) is 0 Å². The second-order valence-corrected chi connectivity index (χ2v) is 7.17. The third-order valence-corrected chi connectivity index (χ3v) is 4.76. The van der Waals surface area contributed by atoms with Gasteiger partial charge in [-0.25, -0.2) is 9.97 Å². The van der Waals surface area contributed by atoms with E-state index in [0.717, 1.165) is 26.8 Å². The van der Waals surface area contributed by atoms with Gasteiger partial charge >= 0.3 is 0 Å². The fraction of sp³-hybridized carbons (Fsp3) is 0.0476. The first-order valence-corrected chi connectivity index (χ1v) is 9.40. The number of halogens is 1. The van der Waals surface area contributed by atoms with Crippen LogP contribution in [0.15, 0.2) is 71.5 Å². The van der Waals surface area contributed by atoms with E-state index in [1.54, 1.807) is 0 Å². The first-order chi connectivity index (χ1) is 13.6. The molecule has 1 aromatic heterocycles. The van der Waals surface area contributed by atoms with E-state index in [1.807, 2.05) is 42.5 Å². The van der Waals surface area contributed by atoms with Gasteiger partial charge in [0, 0.05) is 33.3 Å². The summed E-state index contributed by atoms with van der Waals surface area (Å²) in [5.74, 6) is 0.945. The zero-order valence-corrected chi connectivity index (χ0v) is 16.3. The number of hydrogen-bond acceptors (Lipinski definition) is 6. The third-order valence-electron chi connectivity index (χ3n) is 4.27. The fourth-order valence-electron chi connectivity index (χ4n) is 2.88. The quantitative estimate of drug-likeness (QED) is 0.323.